The minimum atomic E-state index is -1.51. The summed E-state index contributed by atoms with van der Waals surface area (Å²) in [6.45, 7) is 5.34. The lowest BCUT2D eigenvalue weighted by Crippen LogP contribution is -2.35. The normalized spacial score (nSPS) is 15.4. The monoisotopic (exact) mass is 354 g/mol. The van der Waals surface area contributed by atoms with Crippen LogP contribution in [-0.2, 0) is 23.9 Å². The molecule has 3 atom stereocenters. The number of aliphatic hydroxyl groups is 1. The van der Waals surface area contributed by atoms with E-state index in [2.05, 4.69) is 0 Å². The van der Waals surface area contributed by atoms with Crippen molar-refractivity contribution < 1.29 is 34.1 Å². The smallest absolute Gasteiger partial charge is 0.352 e. The second kappa shape index (κ2) is 12.9. The number of allylic oxidation sites excluding steroid dienone is 3. The van der Waals surface area contributed by atoms with Crippen LogP contribution in [0.1, 0.15) is 40.0 Å². The van der Waals surface area contributed by atoms with Gasteiger partial charge in [-0.1, -0.05) is 38.5 Å². The molecule has 0 saturated heterocycles. The highest BCUT2D eigenvalue weighted by Crippen LogP contribution is 2.07. The molecule has 2 N–H and O–H groups in total. The molecule has 0 aliphatic heterocycles. The van der Waals surface area contributed by atoms with Gasteiger partial charge >= 0.3 is 17.9 Å². The number of carbonyl (C=O) groups excluding carboxylic acids is 2. The Morgan fingerprint density at radius 1 is 0.960 bits per heavy atom. The highest BCUT2D eigenvalue weighted by Gasteiger charge is 2.28. The minimum Gasteiger partial charge on any atom is -0.478 e. The zero-order chi connectivity index (χ0) is 19.2. The van der Waals surface area contributed by atoms with E-state index in [0.717, 1.165) is 6.42 Å². The van der Waals surface area contributed by atoms with Crippen LogP contribution in [-0.4, -0.2) is 46.4 Å². The van der Waals surface area contributed by atoms with E-state index in [1.54, 1.807) is 26.0 Å². The first kappa shape index (κ1) is 22.6. The molecule has 0 bridgehead atoms. The standard InChI is InChI=1S/C18H26O7/c1-4-7-9-11-13(19)17(22)25-15(10-6-3)18(23)24-14(16(20)21)12-8-5-2/h6,8-15,19H,4-5,7H2,1-3H3,(H,20,21). The highest BCUT2D eigenvalue weighted by atomic mass is 16.6. The van der Waals surface area contributed by atoms with E-state index >= 15 is 0 Å². The first-order valence-corrected chi connectivity index (χ1v) is 8.15. The Hall–Kier alpha value is -2.41. The molecule has 0 aromatic carbocycles. The zero-order valence-corrected chi connectivity index (χ0v) is 14.8. The van der Waals surface area contributed by atoms with Gasteiger partial charge in [0.15, 0.2) is 6.10 Å². The largest absolute Gasteiger partial charge is 0.478 e. The molecule has 0 aromatic heterocycles. The summed E-state index contributed by atoms with van der Waals surface area (Å²) in [5.74, 6) is -3.40. The zero-order valence-electron chi connectivity index (χ0n) is 14.8. The summed E-state index contributed by atoms with van der Waals surface area (Å²) >= 11 is 0. The topological polar surface area (TPSA) is 110 Å². The molecule has 25 heavy (non-hydrogen) atoms. The lowest BCUT2D eigenvalue weighted by Gasteiger charge is -2.17. The molecule has 0 aromatic rings. The molecular formula is C18H26O7. The van der Waals surface area contributed by atoms with Crippen molar-refractivity contribution in [1.29, 1.82) is 0 Å². The fraction of sp³-hybridized carbons (Fsp3) is 0.500. The fourth-order valence-corrected chi connectivity index (χ4v) is 1.63. The van der Waals surface area contributed by atoms with Gasteiger partial charge in [0.05, 0.1) is 0 Å². The van der Waals surface area contributed by atoms with Gasteiger partial charge in [-0.3, -0.25) is 0 Å². The maximum absolute atomic E-state index is 12.1. The van der Waals surface area contributed by atoms with E-state index in [9.17, 15) is 19.5 Å². The van der Waals surface area contributed by atoms with Crippen molar-refractivity contribution in [1.82, 2.24) is 0 Å². The molecule has 0 amide bonds. The maximum Gasteiger partial charge on any atom is 0.352 e. The molecule has 0 aliphatic rings. The predicted octanol–water partition coefficient (Wildman–Crippen LogP) is 2.15. The number of unbranched alkanes of at least 4 members (excludes halogenated alkanes) is 1. The summed E-state index contributed by atoms with van der Waals surface area (Å²) in [7, 11) is 0. The summed E-state index contributed by atoms with van der Waals surface area (Å²) in [6.07, 6.45) is 6.06. The van der Waals surface area contributed by atoms with Crippen LogP contribution in [0.4, 0.5) is 0 Å². The van der Waals surface area contributed by atoms with Crippen LogP contribution in [0.3, 0.4) is 0 Å². The van der Waals surface area contributed by atoms with E-state index in [-0.39, 0.29) is 0 Å². The summed E-state index contributed by atoms with van der Waals surface area (Å²) < 4.78 is 9.77. The molecule has 0 heterocycles. The Morgan fingerprint density at radius 2 is 1.60 bits per heavy atom. The van der Waals surface area contributed by atoms with Gasteiger partial charge in [-0.2, -0.15) is 0 Å². The SMILES string of the molecule is CC=CC(OC(=O)C(O)C=CCCC)C(=O)OC(C=CCC)C(=O)O. The maximum atomic E-state index is 12.1. The Labute approximate surface area is 147 Å². The van der Waals surface area contributed by atoms with Crippen molar-refractivity contribution >= 4 is 17.9 Å². The number of aliphatic carboxylic acids is 1. The highest BCUT2D eigenvalue weighted by molar-refractivity contribution is 5.86. The van der Waals surface area contributed by atoms with Crippen LogP contribution in [0.25, 0.3) is 0 Å². The molecule has 0 aliphatic carbocycles. The van der Waals surface area contributed by atoms with Gasteiger partial charge in [-0.25, -0.2) is 14.4 Å². The van der Waals surface area contributed by atoms with E-state index in [4.69, 9.17) is 14.6 Å². The number of ether oxygens (including phenoxy) is 2. The third-order valence-corrected chi connectivity index (χ3v) is 2.89. The average Bonchev–Trinajstić information content (AvgIpc) is 2.57. The van der Waals surface area contributed by atoms with Gasteiger partial charge in [0.1, 0.15) is 0 Å². The molecule has 0 radical (unpaired) electrons. The average molecular weight is 354 g/mol. The Kier molecular flexibility index (Phi) is 11.7. The third-order valence-electron chi connectivity index (χ3n) is 2.89. The Balaban J connectivity index is 4.96. The van der Waals surface area contributed by atoms with Crippen molar-refractivity contribution in [3.63, 3.8) is 0 Å². The van der Waals surface area contributed by atoms with Crippen molar-refractivity contribution in [2.45, 2.75) is 58.3 Å². The van der Waals surface area contributed by atoms with Gasteiger partial charge in [0.25, 0.3) is 0 Å². The fourth-order valence-electron chi connectivity index (χ4n) is 1.63. The minimum absolute atomic E-state index is 0.574. The molecule has 7 nitrogen and oxygen atoms in total. The van der Waals surface area contributed by atoms with Gasteiger partial charge < -0.3 is 19.7 Å². The van der Waals surface area contributed by atoms with Gasteiger partial charge in [0.2, 0.25) is 12.2 Å². The molecular weight excluding hydrogens is 328 g/mol. The summed E-state index contributed by atoms with van der Waals surface area (Å²) in [4.78, 5) is 35.0. The lowest BCUT2D eigenvalue weighted by atomic mass is 10.2. The second-order valence-corrected chi connectivity index (χ2v) is 5.08. The van der Waals surface area contributed by atoms with E-state index in [1.807, 2.05) is 6.92 Å². The quantitative estimate of drug-likeness (QED) is 0.432. The first-order valence-electron chi connectivity index (χ1n) is 8.15. The summed E-state index contributed by atoms with van der Waals surface area (Å²) in [6, 6.07) is 0. The molecule has 0 saturated carbocycles. The molecule has 0 fully saturated rings. The number of aliphatic hydroxyl groups excluding tert-OH is 1. The molecule has 3 unspecified atom stereocenters. The van der Waals surface area contributed by atoms with Gasteiger partial charge in [-0.15, -0.1) is 0 Å². The number of carboxylic acids is 1. The molecule has 140 valence electrons. The van der Waals surface area contributed by atoms with Crippen molar-refractivity contribution in [3.05, 3.63) is 36.5 Å². The van der Waals surface area contributed by atoms with Crippen LogP contribution in [0, 0.1) is 0 Å². The predicted molar refractivity (Wildman–Crippen MR) is 91.7 cm³/mol. The Morgan fingerprint density at radius 3 is 2.12 bits per heavy atom. The lowest BCUT2D eigenvalue weighted by molar-refractivity contribution is -0.173. The van der Waals surface area contributed by atoms with Crippen LogP contribution >= 0.6 is 0 Å². The van der Waals surface area contributed by atoms with Crippen molar-refractivity contribution in [2.75, 3.05) is 0 Å². The summed E-state index contributed by atoms with van der Waals surface area (Å²) in [5.41, 5.74) is 0. The number of hydrogen-bond acceptors (Lipinski definition) is 6. The van der Waals surface area contributed by atoms with Crippen LogP contribution in [0.5, 0.6) is 0 Å². The van der Waals surface area contributed by atoms with E-state index in [0.29, 0.717) is 12.8 Å². The summed E-state index contributed by atoms with van der Waals surface area (Å²) in [5, 5.41) is 18.7. The molecule has 0 rings (SSSR count). The second-order valence-electron chi connectivity index (χ2n) is 5.08. The number of rotatable bonds is 11. The number of carboxylic acid groups (broad SMARTS) is 1. The first-order chi connectivity index (χ1) is 11.9. The number of hydrogen-bond donors (Lipinski definition) is 2. The van der Waals surface area contributed by atoms with Crippen LogP contribution < -0.4 is 0 Å². The number of esters is 2. The van der Waals surface area contributed by atoms with Crippen LogP contribution in [0.2, 0.25) is 0 Å². The van der Waals surface area contributed by atoms with Crippen molar-refractivity contribution in [3.8, 4) is 0 Å². The van der Waals surface area contributed by atoms with E-state index in [1.165, 1.54) is 24.3 Å². The van der Waals surface area contributed by atoms with Crippen LogP contribution in [0.15, 0.2) is 36.5 Å². The molecule has 0 spiro atoms. The number of carbonyl (C=O) groups is 3. The molecule has 7 heteroatoms. The van der Waals surface area contributed by atoms with E-state index < -0.39 is 36.2 Å². The Bertz CT molecular complexity index is 520. The third kappa shape index (κ3) is 9.46. The van der Waals surface area contributed by atoms with Gasteiger partial charge in [-0.05, 0) is 38.0 Å². The van der Waals surface area contributed by atoms with Crippen molar-refractivity contribution in [2.24, 2.45) is 0 Å². The van der Waals surface area contributed by atoms with Gasteiger partial charge in [0, 0.05) is 0 Å².